The predicted molar refractivity (Wildman–Crippen MR) is 67.5 cm³/mol. The third-order valence-corrected chi connectivity index (χ3v) is 3.46. The van der Waals surface area contributed by atoms with Gasteiger partial charge in [0.2, 0.25) is 0 Å². The first-order chi connectivity index (χ1) is 7.81. The molecule has 86 valence electrons. The lowest BCUT2D eigenvalue weighted by atomic mass is 10.1. The van der Waals surface area contributed by atoms with Crippen LogP contribution in [0, 0.1) is 0 Å². The van der Waals surface area contributed by atoms with E-state index < -0.39 is 0 Å². The molecular weight excluding hydrogens is 218 g/mol. The van der Waals surface area contributed by atoms with Gasteiger partial charge in [0.05, 0.1) is 11.7 Å². The largest absolute Gasteiger partial charge is 0.322 e. The minimum atomic E-state index is 0.0488. The zero-order valence-corrected chi connectivity index (χ0v) is 10.3. The zero-order valence-electron chi connectivity index (χ0n) is 9.47. The summed E-state index contributed by atoms with van der Waals surface area (Å²) in [5.74, 6) is 0. The first-order valence-corrected chi connectivity index (χ1v) is 6.49. The number of nitrogens with two attached hydrogens (primary N) is 1. The Morgan fingerprint density at radius 1 is 1.50 bits per heavy atom. The third kappa shape index (κ3) is 2.51. The van der Waals surface area contributed by atoms with Gasteiger partial charge >= 0.3 is 0 Å². The Morgan fingerprint density at radius 3 is 3.06 bits per heavy atom. The van der Waals surface area contributed by atoms with Gasteiger partial charge in [0.15, 0.2) is 0 Å². The lowest BCUT2D eigenvalue weighted by molar-refractivity contribution is 0.539. The van der Waals surface area contributed by atoms with Gasteiger partial charge in [0.25, 0.3) is 0 Å². The van der Waals surface area contributed by atoms with Gasteiger partial charge in [-0.05, 0) is 23.9 Å². The Hall–Kier alpha value is -1.13. The van der Waals surface area contributed by atoms with E-state index in [1.165, 1.54) is 4.88 Å². The molecule has 0 aliphatic rings. The Morgan fingerprint density at radius 2 is 2.38 bits per heavy atom. The Labute approximate surface area is 99.9 Å². The lowest BCUT2D eigenvalue weighted by Crippen LogP contribution is -2.18. The van der Waals surface area contributed by atoms with Crippen molar-refractivity contribution in [1.82, 2.24) is 9.78 Å². The maximum atomic E-state index is 6.21. The minimum Gasteiger partial charge on any atom is -0.322 e. The molecule has 3 nitrogen and oxygen atoms in total. The van der Waals surface area contributed by atoms with Gasteiger partial charge in [0.1, 0.15) is 0 Å². The first kappa shape index (κ1) is 11.4. The quantitative estimate of drug-likeness (QED) is 0.865. The van der Waals surface area contributed by atoms with Gasteiger partial charge in [-0.15, -0.1) is 11.3 Å². The summed E-state index contributed by atoms with van der Waals surface area (Å²) in [5, 5.41) is 6.39. The normalized spacial score (nSPS) is 12.9. The summed E-state index contributed by atoms with van der Waals surface area (Å²) < 4.78 is 2.01. The fourth-order valence-electron chi connectivity index (χ4n) is 1.81. The van der Waals surface area contributed by atoms with Crippen LogP contribution >= 0.6 is 11.3 Å². The van der Waals surface area contributed by atoms with Crippen LogP contribution in [0.5, 0.6) is 0 Å². The van der Waals surface area contributed by atoms with Gasteiger partial charge in [-0.3, -0.25) is 4.68 Å². The molecule has 0 bridgehead atoms. The number of thiophene rings is 1. The van der Waals surface area contributed by atoms with E-state index in [1.54, 1.807) is 11.3 Å². The highest BCUT2D eigenvalue weighted by atomic mass is 32.1. The lowest BCUT2D eigenvalue weighted by Gasteiger charge is -2.12. The van der Waals surface area contributed by atoms with Crippen molar-refractivity contribution in [2.45, 2.75) is 32.4 Å². The van der Waals surface area contributed by atoms with Crippen molar-refractivity contribution < 1.29 is 0 Å². The number of hydrogen-bond donors (Lipinski definition) is 1. The maximum Gasteiger partial charge on any atom is 0.0555 e. The molecule has 16 heavy (non-hydrogen) atoms. The van der Waals surface area contributed by atoms with Crippen LogP contribution < -0.4 is 5.73 Å². The van der Waals surface area contributed by atoms with Crippen LogP contribution in [-0.2, 0) is 13.0 Å². The smallest absolute Gasteiger partial charge is 0.0555 e. The summed E-state index contributed by atoms with van der Waals surface area (Å²) >= 11 is 1.76. The summed E-state index contributed by atoms with van der Waals surface area (Å²) in [5.41, 5.74) is 7.34. The summed E-state index contributed by atoms with van der Waals surface area (Å²) in [6.07, 6.45) is 3.81. The fraction of sp³-hybridized carbons (Fsp3) is 0.417. The predicted octanol–water partition coefficient (Wildman–Crippen LogP) is 2.60. The molecule has 0 saturated heterocycles. The molecule has 1 atom stereocenters. The SMILES string of the molecule is CCCn1nccc1C(N)Cc1cccs1. The molecule has 4 heteroatoms. The highest BCUT2D eigenvalue weighted by molar-refractivity contribution is 7.09. The van der Waals surface area contributed by atoms with E-state index in [0.717, 1.165) is 25.1 Å². The summed E-state index contributed by atoms with van der Waals surface area (Å²) in [7, 11) is 0. The van der Waals surface area contributed by atoms with Gasteiger partial charge < -0.3 is 5.73 Å². The molecule has 2 aromatic heterocycles. The molecule has 2 heterocycles. The van der Waals surface area contributed by atoms with Gasteiger partial charge in [0, 0.05) is 24.0 Å². The average Bonchev–Trinajstić information content (AvgIpc) is 2.89. The monoisotopic (exact) mass is 235 g/mol. The number of hydrogen-bond acceptors (Lipinski definition) is 3. The van der Waals surface area contributed by atoms with E-state index in [-0.39, 0.29) is 6.04 Å². The second kappa shape index (κ2) is 5.27. The van der Waals surface area contributed by atoms with E-state index in [2.05, 4.69) is 29.5 Å². The van der Waals surface area contributed by atoms with Crippen LogP contribution in [0.15, 0.2) is 29.8 Å². The molecule has 0 saturated carbocycles. The average molecular weight is 235 g/mol. The van der Waals surface area contributed by atoms with Crippen LogP contribution in [0.3, 0.4) is 0 Å². The van der Waals surface area contributed by atoms with E-state index in [9.17, 15) is 0 Å². The van der Waals surface area contributed by atoms with Crippen molar-refractivity contribution in [2.24, 2.45) is 5.73 Å². The molecule has 0 spiro atoms. The summed E-state index contributed by atoms with van der Waals surface area (Å²) in [6, 6.07) is 6.27. The highest BCUT2D eigenvalue weighted by Crippen LogP contribution is 2.19. The molecule has 2 aromatic rings. The van der Waals surface area contributed by atoms with Crippen molar-refractivity contribution >= 4 is 11.3 Å². The van der Waals surface area contributed by atoms with Gasteiger partial charge in [-0.25, -0.2) is 0 Å². The molecule has 0 aliphatic carbocycles. The highest BCUT2D eigenvalue weighted by Gasteiger charge is 2.12. The number of aryl methyl sites for hydroxylation is 1. The zero-order chi connectivity index (χ0) is 11.4. The van der Waals surface area contributed by atoms with Crippen molar-refractivity contribution in [3.8, 4) is 0 Å². The second-order valence-corrected chi connectivity index (χ2v) is 4.90. The Bertz CT molecular complexity index is 419. The summed E-state index contributed by atoms with van der Waals surface area (Å²) in [4.78, 5) is 1.33. The number of nitrogens with zero attached hydrogens (tertiary/aromatic N) is 2. The maximum absolute atomic E-state index is 6.21. The molecule has 0 aromatic carbocycles. The van der Waals surface area contributed by atoms with Gasteiger partial charge in [-0.2, -0.15) is 5.10 Å². The molecule has 0 aliphatic heterocycles. The second-order valence-electron chi connectivity index (χ2n) is 3.87. The summed E-state index contributed by atoms with van der Waals surface area (Å²) in [6.45, 7) is 3.09. The van der Waals surface area contributed by atoms with Crippen LogP contribution in [-0.4, -0.2) is 9.78 Å². The van der Waals surface area contributed by atoms with E-state index >= 15 is 0 Å². The fourth-order valence-corrected chi connectivity index (χ4v) is 2.57. The minimum absolute atomic E-state index is 0.0488. The number of rotatable bonds is 5. The van der Waals surface area contributed by atoms with Crippen molar-refractivity contribution in [3.63, 3.8) is 0 Å². The molecule has 1 unspecified atom stereocenters. The van der Waals surface area contributed by atoms with E-state index in [1.807, 2.05) is 16.9 Å². The standard InChI is InChI=1S/C12H17N3S/c1-2-7-15-12(5-6-14-15)11(13)9-10-4-3-8-16-10/h3-6,8,11H,2,7,9,13H2,1H3. The van der Waals surface area contributed by atoms with Crippen LogP contribution in [0.4, 0.5) is 0 Å². The Balaban J connectivity index is 2.08. The van der Waals surface area contributed by atoms with Crippen LogP contribution in [0.25, 0.3) is 0 Å². The molecule has 2 rings (SSSR count). The van der Waals surface area contributed by atoms with Gasteiger partial charge in [-0.1, -0.05) is 13.0 Å². The first-order valence-electron chi connectivity index (χ1n) is 5.61. The van der Waals surface area contributed by atoms with Crippen molar-refractivity contribution in [2.75, 3.05) is 0 Å². The van der Waals surface area contributed by atoms with Crippen molar-refractivity contribution in [3.05, 3.63) is 40.3 Å². The Kier molecular flexibility index (Phi) is 3.74. The molecule has 0 amide bonds. The molecule has 2 N–H and O–H groups in total. The molecular formula is C12H17N3S. The third-order valence-electron chi connectivity index (χ3n) is 2.57. The van der Waals surface area contributed by atoms with Crippen LogP contribution in [0.2, 0.25) is 0 Å². The van der Waals surface area contributed by atoms with Crippen molar-refractivity contribution in [1.29, 1.82) is 0 Å². The van der Waals surface area contributed by atoms with E-state index in [4.69, 9.17) is 5.73 Å². The van der Waals surface area contributed by atoms with Crippen LogP contribution in [0.1, 0.15) is 30.0 Å². The molecule has 0 fully saturated rings. The van der Waals surface area contributed by atoms with E-state index in [0.29, 0.717) is 0 Å². The molecule has 0 radical (unpaired) electrons. The number of aromatic nitrogens is 2. The topological polar surface area (TPSA) is 43.8 Å².